The van der Waals surface area contributed by atoms with Crippen molar-refractivity contribution in [2.24, 2.45) is 0 Å². The molecule has 0 fully saturated rings. The van der Waals surface area contributed by atoms with Gasteiger partial charge in [-0.2, -0.15) is 0 Å². The van der Waals surface area contributed by atoms with E-state index in [0.29, 0.717) is 25.5 Å². The van der Waals surface area contributed by atoms with Gasteiger partial charge in [-0.15, -0.1) is 11.6 Å². The molecular weight excluding hydrogens is 330 g/mol. The molecule has 24 heavy (non-hydrogen) atoms. The van der Waals surface area contributed by atoms with Gasteiger partial charge < -0.3 is 18.7 Å². The summed E-state index contributed by atoms with van der Waals surface area (Å²) < 4.78 is 22.5. The van der Waals surface area contributed by atoms with Crippen LogP contribution in [0.4, 0.5) is 0 Å². The lowest BCUT2D eigenvalue weighted by molar-refractivity contribution is -0.157. The van der Waals surface area contributed by atoms with Crippen molar-refractivity contribution in [1.29, 1.82) is 0 Å². The quantitative estimate of drug-likeness (QED) is 0.198. The monoisotopic (exact) mass is 364 g/mol. The summed E-state index contributed by atoms with van der Waals surface area (Å²) in [5.74, 6) is 0.0860. The molecule has 142 valence electrons. The third-order valence-corrected chi connectivity index (χ3v) is 3.27. The van der Waals surface area contributed by atoms with Gasteiger partial charge in [-0.05, 0) is 40.0 Å². The molecule has 0 bridgehead atoms. The van der Waals surface area contributed by atoms with Gasteiger partial charge in [0.15, 0.2) is 0 Å². The van der Waals surface area contributed by atoms with Crippen LogP contribution >= 0.6 is 11.6 Å². The van der Waals surface area contributed by atoms with E-state index in [9.17, 15) is 4.79 Å². The van der Waals surface area contributed by atoms with Gasteiger partial charge >= 0.3 is 13.3 Å². The fraction of sp³-hybridized carbons (Fsp3) is 0.941. The summed E-state index contributed by atoms with van der Waals surface area (Å²) in [4.78, 5) is 12.0. The number of hydrogen-bond acceptors (Lipinski definition) is 5. The first kappa shape index (κ1) is 23.7. The average Bonchev–Trinajstić information content (AvgIpc) is 2.45. The molecule has 7 heteroatoms. The summed E-state index contributed by atoms with van der Waals surface area (Å²) in [7, 11) is -0.765. The number of halogens is 1. The molecule has 1 atom stereocenters. The molecule has 0 saturated heterocycles. The Morgan fingerprint density at radius 3 is 2.04 bits per heavy atom. The van der Waals surface area contributed by atoms with Crippen LogP contribution < -0.4 is 0 Å². The van der Waals surface area contributed by atoms with Gasteiger partial charge in [-0.1, -0.05) is 26.7 Å². The molecule has 0 aliphatic heterocycles. The van der Waals surface area contributed by atoms with Crippen molar-refractivity contribution in [1.82, 2.24) is 0 Å². The van der Waals surface area contributed by atoms with Crippen molar-refractivity contribution >= 4 is 24.9 Å². The van der Waals surface area contributed by atoms with Crippen LogP contribution in [0, 0.1) is 0 Å². The van der Waals surface area contributed by atoms with Crippen LogP contribution in [0.1, 0.15) is 73.1 Å². The lowest BCUT2D eigenvalue weighted by Crippen LogP contribution is -2.35. The van der Waals surface area contributed by atoms with E-state index in [1.54, 1.807) is 0 Å². The van der Waals surface area contributed by atoms with Gasteiger partial charge in [0.25, 0.3) is 0 Å². The third-order valence-electron chi connectivity index (χ3n) is 3.05. The van der Waals surface area contributed by atoms with E-state index in [-0.39, 0.29) is 18.5 Å². The van der Waals surface area contributed by atoms with Crippen LogP contribution in [0.3, 0.4) is 0 Å². The standard InChI is InChI=1S/C17H34BClO5/c1-6-8-12-21-18(22-13-9-7-2)24-15(10-11-19)14-16(20)23-17(3,4)5/h15H,6-14H2,1-5H3/t15-/m0/s1. The molecule has 0 aliphatic rings. The number of hydrogen-bond donors (Lipinski definition) is 0. The van der Waals surface area contributed by atoms with E-state index < -0.39 is 12.9 Å². The summed E-state index contributed by atoms with van der Waals surface area (Å²) >= 11 is 5.84. The smallest absolute Gasteiger partial charge is 0.460 e. The van der Waals surface area contributed by atoms with E-state index in [2.05, 4.69) is 13.8 Å². The first-order chi connectivity index (χ1) is 11.3. The molecule has 0 aromatic rings. The topological polar surface area (TPSA) is 54.0 Å². The Kier molecular flexibility index (Phi) is 13.8. The molecule has 0 saturated carbocycles. The third kappa shape index (κ3) is 14.1. The number of unbranched alkanes of at least 4 members (excludes halogenated alkanes) is 2. The van der Waals surface area contributed by atoms with E-state index in [1.165, 1.54) is 0 Å². The van der Waals surface area contributed by atoms with Crippen LogP contribution in [0.25, 0.3) is 0 Å². The average molecular weight is 365 g/mol. The molecule has 0 N–H and O–H groups in total. The highest BCUT2D eigenvalue weighted by molar-refractivity contribution is 6.36. The van der Waals surface area contributed by atoms with Gasteiger partial charge in [-0.3, -0.25) is 4.79 Å². The Morgan fingerprint density at radius 1 is 1.08 bits per heavy atom. The van der Waals surface area contributed by atoms with Crippen LogP contribution in [-0.2, 0) is 23.5 Å². The minimum atomic E-state index is -0.765. The van der Waals surface area contributed by atoms with E-state index in [0.717, 1.165) is 25.7 Å². The van der Waals surface area contributed by atoms with Crippen molar-refractivity contribution in [3.63, 3.8) is 0 Å². The van der Waals surface area contributed by atoms with Crippen molar-refractivity contribution < 1.29 is 23.5 Å². The highest BCUT2D eigenvalue weighted by Crippen LogP contribution is 2.14. The Bertz CT molecular complexity index is 313. The number of carbonyl (C=O) groups excluding carboxylic acids is 1. The molecular formula is C17H34BClO5. The van der Waals surface area contributed by atoms with E-state index in [4.69, 9.17) is 30.3 Å². The highest BCUT2D eigenvalue weighted by Gasteiger charge is 2.28. The highest BCUT2D eigenvalue weighted by atomic mass is 35.5. The first-order valence-corrected chi connectivity index (χ1v) is 9.52. The maximum atomic E-state index is 12.0. The zero-order valence-corrected chi connectivity index (χ0v) is 16.7. The Labute approximate surface area is 152 Å². The second-order valence-corrected chi connectivity index (χ2v) is 7.14. The maximum Gasteiger partial charge on any atom is 0.639 e. The molecule has 0 amide bonds. The van der Waals surface area contributed by atoms with Crippen LogP contribution in [0.2, 0.25) is 0 Å². The summed E-state index contributed by atoms with van der Waals surface area (Å²) in [6.07, 6.45) is 4.22. The molecule has 0 rings (SSSR count). The Hall–Kier alpha value is -0.295. The molecule has 0 heterocycles. The zero-order valence-electron chi connectivity index (χ0n) is 15.9. The minimum Gasteiger partial charge on any atom is -0.460 e. The van der Waals surface area contributed by atoms with Gasteiger partial charge in [0.2, 0.25) is 0 Å². The molecule has 0 aromatic carbocycles. The predicted molar refractivity (Wildman–Crippen MR) is 98.1 cm³/mol. The number of rotatable bonds is 14. The van der Waals surface area contributed by atoms with Gasteiger partial charge in [0, 0.05) is 19.1 Å². The van der Waals surface area contributed by atoms with Crippen molar-refractivity contribution in [2.45, 2.75) is 84.8 Å². The normalized spacial score (nSPS) is 12.9. The second-order valence-electron chi connectivity index (χ2n) is 6.76. The SMILES string of the molecule is CCCCOB(OCCCC)O[C@@H](CCCl)CC(=O)OC(C)(C)C. The Morgan fingerprint density at radius 2 is 1.62 bits per heavy atom. The van der Waals surface area contributed by atoms with Gasteiger partial charge in [0.05, 0.1) is 12.5 Å². The second kappa shape index (κ2) is 13.9. The van der Waals surface area contributed by atoms with Crippen molar-refractivity contribution in [2.75, 3.05) is 19.1 Å². The van der Waals surface area contributed by atoms with Crippen LogP contribution in [0.15, 0.2) is 0 Å². The molecule has 5 nitrogen and oxygen atoms in total. The fourth-order valence-corrected chi connectivity index (χ4v) is 2.08. The summed E-state index contributed by atoms with van der Waals surface area (Å²) in [6, 6.07) is 0. The molecule has 0 unspecified atom stereocenters. The van der Waals surface area contributed by atoms with Crippen molar-refractivity contribution in [3.05, 3.63) is 0 Å². The molecule has 0 radical (unpaired) electrons. The largest absolute Gasteiger partial charge is 0.639 e. The first-order valence-electron chi connectivity index (χ1n) is 8.98. The van der Waals surface area contributed by atoms with E-state index >= 15 is 0 Å². The number of ether oxygens (including phenoxy) is 1. The number of carbonyl (C=O) groups is 1. The maximum absolute atomic E-state index is 12.0. The summed E-state index contributed by atoms with van der Waals surface area (Å²) in [6.45, 7) is 10.8. The van der Waals surface area contributed by atoms with Gasteiger partial charge in [0.1, 0.15) is 5.60 Å². The van der Waals surface area contributed by atoms with E-state index in [1.807, 2.05) is 20.8 Å². The van der Waals surface area contributed by atoms with Crippen molar-refractivity contribution in [3.8, 4) is 0 Å². The van der Waals surface area contributed by atoms with Crippen LogP contribution in [-0.4, -0.2) is 44.1 Å². The summed E-state index contributed by atoms with van der Waals surface area (Å²) in [5.41, 5.74) is -0.517. The zero-order chi connectivity index (χ0) is 18.4. The molecule has 0 aromatic heterocycles. The number of alkyl halides is 1. The molecule has 0 aliphatic carbocycles. The predicted octanol–water partition coefficient (Wildman–Crippen LogP) is 4.35. The summed E-state index contributed by atoms with van der Waals surface area (Å²) in [5, 5.41) is 0. The molecule has 0 spiro atoms. The Balaban J connectivity index is 4.55. The number of esters is 1. The fourth-order valence-electron chi connectivity index (χ4n) is 1.84. The van der Waals surface area contributed by atoms with Gasteiger partial charge in [-0.25, -0.2) is 0 Å². The van der Waals surface area contributed by atoms with Crippen LogP contribution in [0.5, 0.6) is 0 Å². The minimum absolute atomic E-state index is 0.134. The lowest BCUT2D eigenvalue weighted by Gasteiger charge is -2.24. The lowest BCUT2D eigenvalue weighted by atomic mass is 10.1.